The topological polar surface area (TPSA) is 89.1 Å². The molecule has 2 saturated heterocycles. The van der Waals surface area contributed by atoms with Crippen LogP contribution < -0.4 is 20.9 Å². The van der Waals surface area contributed by atoms with E-state index in [0.29, 0.717) is 12.5 Å². The van der Waals surface area contributed by atoms with Gasteiger partial charge in [-0.2, -0.15) is 0 Å². The van der Waals surface area contributed by atoms with Gasteiger partial charge < -0.3 is 20.9 Å². The van der Waals surface area contributed by atoms with Crippen LogP contribution in [0.4, 0.5) is 10.5 Å². The van der Waals surface area contributed by atoms with Crippen molar-refractivity contribution < 1.29 is 9.59 Å². The molecule has 2 aliphatic heterocycles. The highest BCUT2D eigenvalue weighted by molar-refractivity contribution is 9.10. The highest BCUT2D eigenvalue weighted by Gasteiger charge is 2.28. The Balaban J connectivity index is 1.54. The van der Waals surface area contributed by atoms with Gasteiger partial charge >= 0.3 is 6.03 Å². The van der Waals surface area contributed by atoms with Crippen LogP contribution in [-0.2, 0) is 4.79 Å². The zero-order chi connectivity index (χ0) is 19.2. The Morgan fingerprint density at radius 2 is 2.19 bits per heavy atom. The number of hydrogen-bond acceptors (Lipinski definition) is 4. The minimum Gasteiger partial charge on any atom is -0.368 e. The first-order valence-corrected chi connectivity index (χ1v) is 10.00. The second-order valence-corrected chi connectivity index (χ2v) is 7.35. The van der Waals surface area contributed by atoms with Crippen molar-refractivity contribution >= 4 is 39.5 Å². The lowest BCUT2D eigenvalue weighted by Crippen LogP contribution is -2.45. The maximum Gasteiger partial charge on any atom is 0.324 e. The van der Waals surface area contributed by atoms with Gasteiger partial charge in [0.1, 0.15) is 0 Å². The molecule has 0 aromatic heterocycles. The third-order valence-corrected chi connectivity index (χ3v) is 5.27. The van der Waals surface area contributed by atoms with E-state index in [0.717, 1.165) is 30.5 Å². The number of urea groups is 1. The first-order valence-electron chi connectivity index (χ1n) is 9.21. The molecule has 3 rings (SSSR count). The molecular weight excluding hydrogens is 412 g/mol. The lowest BCUT2D eigenvalue weighted by Gasteiger charge is -2.21. The Kier molecular flexibility index (Phi) is 6.54. The van der Waals surface area contributed by atoms with Crippen molar-refractivity contribution in [2.24, 2.45) is 4.99 Å². The van der Waals surface area contributed by atoms with Crippen LogP contribution in [0.15, 0.2) is 33.7 Å². The Hall–Kier alpha value is -2.29. The quantitative estimate of drug-likeness (QED) is 0.353. The molecule has 3 N–H and O–H groups in total. The maximum atomic E-state index is 11.6. The number of rotatable bonds is 6. The highest BCUT2D eigenvalue weighted by Crippen LogP contribution is 2.28. The molecule has 0 radical (unpaired) electrons. The van der Waals surface area contributed by atoms with Gasteiger partial charge in [0.25, 0.3) is 0 Å². The van der Waals surface area contributed by atoms with E-state index in [1.165, 1.54) is 10.6 Å². The molecular formula is C18H25BrN6O2. The van der Waals surface area contributed by atoms with Crippen LogP contribution in [0, 0.1) is 0 Å². The Morgan fingerprint density at radius 3 is 2.89 bits per heavy atom. The standard InChI is InChI=1S/C18H25BrN6O2/c1-2-20-17(21-8-10-25-16(26)11-22-18(25)27)23-13-7-9-24(12-13)15-6-4-3-5-14(15)19/h3-6,13H,2,7-12H2,1H3,(H,22,27)(H2,20,21,23). The summed E-state index contributed by atoms with van der Waals surface area (Å²) in [6, 6.07) is 8.17. The van der Waals surface area contributed by atoms with Crippen molar-refractivity contribution in [2.45, 2.75) is 19.4 Å². The van der Waals surface area contributed by atoms with E-state index in [1.807, 2.05) is 19.1 Å². The average molecular weight is 437 g/mol. The highest BCUT2D eigenvalue weighted by atomic mass is 79.9. The van der Waals surface area contributed by atoms with Gasteiger partial charge in [-0.25, -0.2) is 4.79 Å². The number of carbonyl (C=O) groups excluding carboxylic acids is 2. The Morgan fingerprint density at radius 1 is 1.37 bits per heavy atom. The van der Waals surface area contributed by atoms with E-state index in [-0.39, 0.29) is 31.1 Å². The van der Waals surface area contributed by atoms with E-state index in [4.69, 9.17) is 0 Å². The van der Waals surface area contributed by atoms with Crippen LogP contribution in [-0.4, -0.2) is 68.1 Å². The van der Waals surface area contributed by atoms with E-state index >= 15 is 0 Å². The van der Waals surface area contributed by atoms with Crippen LogP contribution in [0.1, 0.15) is 13.3 Å². The molecule has 1 aromatic carbocycles. The van der Waals surface area contributed by atoms with Gasteiger partial charge in [-0.15, -0.1) is 0 Å². The second-order valence-electron chi connectivity index (χ2n) is 6.49. The predicted octanol–water partition coefficient (Wildman–Crippen LogP) is 1.13. The molecule has 1 unspecified atom stereocenters. The van der Waals surface area contributed by atoms with Crippen LogP contribution in [0.5, 0.6) is 0 Å². The van der Waals surface area contributed by atoms with Crippen molar-refractivity contribution in [3.05, 3.63) is 28.7 Å². The molecule has 0 bridgehead atoms. The summed E-state index contributed by atoms with van der Waals surface area (Å²) in [7, 11) is 0. The van der Waals surface area contributed by atoms with Crippen molar-refractivity contribution in [3.63, 3.8) is 0 Å². The largest absolute Gasteiger partial charge is 0.368 e. The molecule has 2 fully saturated rings. The summed E-state index contributed by atoms with van der Waals surface area (Å²) in [6.45, 7) is 5.35. The van der Waals surface area contributed by atoms with Gasteiger partial charge in [0.15, 0.2) is 5.96 Å². The third kappa shape index (κ3) is 4.91. The summed E-state index contributed by atoms with van der Waals surface area (Å²) in [5.41, 5.74) is 1.20. The van der Waals surface area contributed by atoms with Crippen molar-refractivity contribution in [1.29, 1.82) is 0 Å². The maximum absolute atomic E-state index is 11.6. The van der Waals surface area contributed by atoms with Crippen molar-refractivity contribution in [3.8, 4) is 0 Å². The lowest BCUT2D eigenvalue weighted by molar-refractivity contribution is -0.124. The fraction of sp³-hybridized carbons (Fsp3) is 0.500. The minimum atomic E-state index is -0.340. The SMILES string of the molecule is CCNC(=NCCN1C(=O)CNC1=O)NC1CCN(c2ccccc2Br)C1. The van der Waals surface area contributed by atoms with E-state index in [9.17, 15) is 9.59 Å². The van der Waals surface area contributed by atoms with Crippen LogP contribution in [0.2, 0.25) is 0 Å². The number of benzene rings is 1. The fourth-order valence-electron chi connectivity index (χ4n) is 3.26. The van der Waals surface area contributed by atoms with E-state index in [2.05, 4.69) is 53.9 Å². The number of guanidine groups is 1. The number of hydrogen-bond donors (Lipinski definition) is 3. The zero-order valence-electron chi connectivity index (χ0n) is 15.4. The number of halogens is 1. The summed E-state index contributed by atoms with van der Waals surface area (Å²) in [5, 5.41) is 9.21. The zero-order valence-corrected chi connectivity index (χ0v) is 17.0. The van der Waals surface area contributed by atoms with Gasteiger partial charge in [0, 0.05) is 30.1 Å². The van der Waals surface area contributed by atoms with E-state index in [1.54, 1.807) is 0 Å². The normalized spacial score (nSPS) is 20.2. The Labute approximate surface area is 167 Å². The molecule has 0 saturated carbocycles. The molecule has 9 heteroatoms. The van der Waals surface area contributed by atoms with Gasteiger partial charge in [-0.1, -0.05) is 12.1 Å². The van der Waals surface area contributed by atoms with Gasteiger partial charge in [-0.05, 0) is 41.4 Å². The molecule has 3 amide bonds. The predicted molar refractivity (Wildman–Crippen MR) is 109 cm³/mol. The lowest BCUT2D eigenvalue weighted by atomic mass is 10.3. The fourth-order valence-corrected chi connectivity index (χ4v) is 3.80. The smallest absolute Gasteiger partial charge is 0.324 e. The molecule has 0 aliphatic carbocycles. The number of nitrogens with zero attached hydrogens (tertiary/aromatic N) is 3. The summed E-state index contributed by atoms with van der Waals surface area (Å²) >= 11 is 3.62. The summed E-state index contributed by atoms with van der Waals surface area (Å²) in [4.78, 5) is 31.3. The molecule has 0 spiro atoms. The Bertz CT molecular complexity index is 710. The summed E-state index contributed by atoms with van der Waals surface area (Å²) in [6.07, 6.45) is 1.01. The number of anilines is 1. The monoisotopic (exact) mass is 436 g/mol. The van der Waals surface area contributed by atoms with E-state index < -0.39 is 0 Å². The first kappa shape index (κ1) is 19.5. The minimum absolute atomic E-state index is 0.0772. The van der Waals surface area contributed by atoms with Crippen LogP contribution >= 0.6 is 15.9 Å². The molecule has 1 aromatic rings. The molecule has 27 heavy (non-hydrogen) atoms. The summed E-state index contributed by atoms with van der Waals surface area (Å²) < 4.78 is 1.10. The molecule has 2 heterocycles. The molecule has 146 valence electrons. The van der Waals surface area contributed by atoms with Gasteiger partial charge in [0.05, 0.1) is 25.3 Å². The molecule has 1 atom stereocenters. The first-order chi connectivity index (χ1) is 13.1. The average Bonchev–Trinajstić information content (AvgIpc) is 3.23. The molecule has 8 nitrogen and oxygen atoms in total. The second kappa shape index (κ2) is 9.07. The third-order valence-electron chi connectivity index (χ3n) is 4.60. The van der Waals surface area contributed by atoms with Gasteiger partial charge in [0.2, 0.25) is 5.91 Å². The molecule has 2 aliphatic rings. The number of amides is 3. The van der Waals surface area contributed by atoms with Crippen molar-refractivity contribution in [1.82, 2.24) is 20.9 Å². The van der Waals surface area contributed by atoms with Gasteiger partial charge in [-0.3, -0.25) is 14.7 Å². The number of para-hydroxylation sites is 1. The number of aliphatic imine (C=N–C) groups is 1. The summed E-state index contributed by atoms with van der Waals surface area (Å²) in [5.74, 6) is 0.511. The number of nitrogens with one attached hydrogen (secondary N) is 3. The number of carbonyl (C=O) groups is 2. The number of imide groups is 1. The van der Waals surface area contributed by atoms with Crippen molar-refractivity contribution in [2.75, 3.05) is 44.2 Å². The van der Waals surface area contributed by atoms with Crippen LogP contribution in [0.3, 0.4) is 0 Å². The van der Waals surface area contributed by atoms with Crippen LogP contribution in [0.25, 0.3) is 0 Å².